The molecule has 6 heteroatoms. The van der Waals surface area contributed by atoms with Crippen molar-refractivity contribution in [1.29, 1.82) is 0 Å². The highest BCUT2D eigenvalue weighted by Gasteiger charge is 2.53. The van der Waals surface area contributed by atoms with Crippen molar-refractivity contribution < 1.29 is 18.8 Å². The Balaban J connectivity index is 1.96. The Kier molecular flexibility index (Phi) is 11.2. The SMILES string of the molecule is C=CCCCCN(C)C(=O)C1CCC(O[Si](c2ccccc2)(c2ccccc2)C(C)(C)C)CC1C(=O)OC(C)(C)C. The molecular weight excluding hydrogens is 526 g/mol. The van der Waals surface area contributed by atoms with E-state index >= 15 is 0 Å². The van der Waals surface area contributed by atoms with Gasteiger partial charge >= 0.3 is 5.97 Å². The highest BCUT2D eigenvalue weighted by Crippen LogP contribution is 2.42. The summed E-state index contributed by atoms with van der Waals surface area (Å²) in [5.41, 5.74) is -0.632. The first kappa shape index (κ1) is 32.8. The lowest BCUT2D eigenvalue weighted by Gasteiger charge is -2.47. The van der Waals surface area contributed by atoms with E-state index in [-0.39, 0.29) is 23.0 Å². The summed E-state index contributed by atoms with van der Waals surface area (Å²) >= 11 is 0. The normalized spacial score (nSPS) is 19.8. The molecule has 2 aromatic rings. The topological polar surface area (TPSA) is 55.8 Å². The summed E-state index contributed by atoms with van der Waals surface area (Å²) in [7, 11) is -0.946. The molecule has 0 bridgehead atoms. The number of ether oxygens (including phenoxy) is 1. The molecule has 0 saturated heterocycles. The molecule has 1 saturated carbocycles. The summed E-state index contributed by atoms with van der Waals surface area (Å²) in [4.78, 5) is 29.2. The van der Waals surface area contributed by atoms with Gasteiger partial charge < -0.3 is 14.1 Å². The number of hydrogen-bond acceptors (Lipinski definition) is 4. The van der Waals surface area contributed by atoms with Crippen molar-refractivity contribution in [2.45, 2.75) is 96.8 Å². The third kappa shape index (κ3) is 8.20. The van der Waals surface area contributed by atoms with Gasteiger partial charge in [0, 0.05) is 19.7 Å². The quantitative estimate of drug-likeness (QED) is 0.132. The number of hydrogen-bond donors (Lipinski definition) is 0. The molecule has 1 fully saturated rings. The average Bonchev–Trinajstić information content (AvgIpc) is 2.93. The van der Waals surface area contributed by atoms with E-state index < -0.39 is 25.8 Å². The van der Waals surface area contributed by atoms with Gasteiger partial charge in [0.2, 0.25) is 5.91 Å². The van der Waals surface area contributed by atoms with Crippen molar-refractivity contribution in [3.63, 3.8) is 0 Å². The van der Waals surface area contributed by atoms with Crippen LogP contribution in [0.1, 0.15) is 80.1 Å². The van der Waals surface area contributed by atoms with Crippen LogP contribution >= 0.6 is 0 Å². The van der Waals surface area contributed by atoms with Gasteiger partial charge in [-0.05, 0) is 74.7 Å². The van der Waals surface area contributed by atoms with Crippen LogP contribution in [-0.4, -0.2) is 50.4 Å². The van der Waals surface area contributed by atoms with Crippen molar-refractivity contribution in [2.24, 2.45) is 11.8 Å². The maximum Gasteiger partial charge on any atom is 0.310 e. The summed E-state index contributed by atoms with van der Waals surface area (Å²) in [5.74, 6) is -1.22. The minimum atomic E-state index is -2.80. The van der Waals surface area contributed by atoms with Crippen LogP contribution in [-0.2, 0) is 18.8 Å². The van der Waals surface area contributed by atoms with E-state index in [1.54, 1.807) is 4.90 Å². The minimum Gasteiger partial charge on any atom is -0.460 e. The molecule has 0 aromatic heterocycles. The van der Waals surface area contributed by atoms with Crippen LogP contribution in [0.15, 0.2) is 73.3 Å². The average molecular weight is 578 g/mol. The Hall–Kier alpha value is -2.70. The third-order valence-corrected chi connectivity index (χ3v) is 13.2. The fourth-order valence-corrected chi connectivity index (χ4v) is 10.9. The molecule has 0 heterocycles. The zero-order valence-corrected chi connectivity index (χ0v) is 27.3. The molecule has 41 heavy (non-hydrogen) atoms. The van der Waals surface area contributed by atoms with Crippen molar-refractivity contribution in [2.75, 3.05) is 13.6 Å². The first-order valence-corrected chi connectivity index (χ1v) is 17.1. The molecular formula is C35H51NO4Si. The van der Waals surface area contributed by atoms with Crippen LogP contribution in [0.5, 0.6) is 0 Å². The largest absolute Gasteiger partial charge is 0.460 e. The van der Waals surface area contributed by atoms with E-state index in [1.165, 1.54) is 10.4 Å². The van der Waals surface area contributed by atoms with E-state index in [0.717, 1.165) is 25.7 Å². The number of carbonyl (C=O) groups excluding carboxylic acids is 2. The fourth-order valence-electron chi connectivity index (χ4n) is 6.14. The van der Waals surface area contributed by atoms with Crippen molar-refractivity contribution in [1.82, 2.24) is 4.90 Å². The number of nitrogens with zero attached hydrogens (tertiary/aromatic N) is 1. The second kappa shape index (κ2) is 14.0. The van der Waals surface area contributed by atoms with E-state index in [0.29, 0.717) is 19.4 Å². The Morgan fingerprint density at radius 2 is 1.46 bits per heavy atom. The Bertz CT molecular complexity index is 1100. The molecule has 1 amide bonds. The van der Waals surface area contributed by atoms with Gasteiger partial charge in [0.05, 0.1) is 11.8 Å². The zero-order chi connectivity index (χ0) is 30.3. The molecule has 3 unspecified atom stereocenters. The lowest BCUT2D eigenvalue weighted by molar-refractivity contribution is -0.168. The summed E-state index contributed by atoms with van der Waals surface area (Å²) in [6.07, 6.45) is 6.39. The van der Waals surface area contributed by atoms with E-state index in [1.807, 2.05) is 46.0 Å². The molecule has 0 aliphatic heterocycles. The Labute approximate surface area is 249 Å². The second-order valence-electron chi connectivity index (χ2n) is 13.5. The Morgan fingerprint density at radius 3 is 1.95 bits per heavy atom. The number of allylic oxidation sites excluding steroid dienone is 1. The fraction of sp³-hybridized carbons (Fsp3) is 0.543. The lowest BCUT2D eigenvalue weighted by Crippen LogP contribution is -2.68. The highest BCUT2D eigenvalue weighted by molar-refractivity contribution is 6.99. The number of esters is 1. The summed E-state index contributed by atoms with van der Waals surface area (Å²) < 4.78 is 13.3. The molecule has 3 atom stereocenters. The third-order valence-electron chi connectivity index (χ3n) is 8.12. The summed E-state index contributed by atoms with van der Waals surface area (Å²) in [5, 5.41) is 2.25. The summed E-state index contributed by atoms with van der Waals surface area (Å²) in [6.45, 7) is 16.9. The maximum atomic E-state index is 13.7. The van der Waals surface area contributed by atoms with Gasteiger partial charge in [-0.25, -0.2) is 0 Å². The second-order valence-corrected chi connectivity index (χ2v) is 17.8. The van der Waals surface area contributed by atoms with Gasteiger partial charge in [0.15, 0.2) is 0 Å². The van der Waals surface area contributed by atoms with Crippen molar-refractivity contribution >= 4 is 30.6 Å². The van der Waals surface area contributed by atoms with E-state index in [9.17, 15) is 9.59 Å². The van der Waals surface area contributed by atoms with Crippen LogP contribution in [0.4, 0.5) is 0 Å². The van der Waals surface area contributed by atoms with Crippen LogP contribution in [0.3, 0.4) is 0 Å². The van der Waals surface area contributed by atoms with Gasteiger partial charge in [-0.15, -0.1) is 6.58 Å². The first-order chi connectivity index (χ1) is 19.3. The van der Waals surface area contributed by atoms with Gasteiger partial charge in [0.1, 0.15) is 5.60 Å². The zero-order valence-electron chi connectivity index (χ0n) is 26.3. The monoisotopic (exact) mass is 577 g/mol. The van der Waals surface area contributed by atoms with Gasteiger partial charge in [0.25, 0.3) is 8.32 Å². The minimum absolute atomic E-state index is 0.0309. The highest BCUT2D eigenvalue weighted by atomic mass is 28.4. The smallest absolute Gasteiger partial charge is 0.310 e. The van der Waals surface area contributed by atoms with Gasteiger partial charge in [-0.3, -0.25) is 9.59 Å². The number of rotatable bonds is 11. The molecule has 0 N–H and O–H groups in total. The molecule has 1 aliphatic carbocycles. The van der Waals surface area contributed by atoms with Crippen molar-refractivity contribution in [3.8, 4) is 0 Å². The van der Waals surface area contributed by atoms with Crippen LogP contribution in [0.25, 0.3) is 0 Å². The standard InChI is InChI=1S/C35H51NO4Si/c1-9-10-11-18-25-36(8)32(37)30-24-23-27(26-31(30)33(38)39-34(2,3)4)40-41(35(5,6)7,28-19-14-12-15-20-28)29-21-16-13-17-22-29/h9,12-17,19-22,27,30-31H,1,10-11,18,23-26H2,2-8H3. The summed E-state index contributed by atoms with van der Waals surface area (Å²) in [6, 6.07) is 21.2. The molecule has 0 spiro atoms. The maximum absolute atomic E-state index is 13.7. The van der Waals surface area contributed by atoms with Gasteiger partial charge in [-0.1, -0.05) is 87.5 Å². The predicted molar refractivity (Wildman–Crippen MR) is 171 cm³/mol. The van der Waals surface area contributed by atoms with Crippen LogP contribution < -0.4 is 10.4 Å². The molecule has 3 rings (SSSR count). The van der Waals surface area contributed by atoms with E-state index in [2.05, 4.69) is 75.9 Å². The number of amides is 1. The number of benzene rings is 2. The first-order valence-electron chi connectivity index (χ1n) is 15.2. The number of unbranched alkanes of at least 4 members (excludes halogenated alkanes) is 2. The molecule has 1 aliphatic rings. The lowest BCUT2D eigenvalue weighted by atomic mass is 9.77. The molecule has 0 radical (unpaired) electrons. The molecule has 224 valence electrons. The van der Waals surface area contributed by atoms with Crippen LogP contribution in [0.2, 0.25) is 5.04 Å². The Morgan fingerprint density at radius 1 is 0.902 bits per heavy atom. The predicted octanol–water partition coefficient (Wildman–Crippen LogP) is 6.50. The molecule has 5 nitrogen and oxygen atoms in total. The molecule has 2 aromatic carbocycles. The van der Waals surface area contributed by atoms with Crippen molar-refractivity contribution in [3.05, 3.63) is 73.3 Å². The number of carbonyl (C=O) groups is 2. The van der Waals surface area contributed by atoms with Gasteiger partial charge in [-0.2, -0.15) is 0 Å². The van der Waals surface area contributed by atoms with Crippen LogP contribution in [0, 0.1) is 11.8 Å². The van der Waals surface area contributed by atoms with E-state index in [4.69, 9.17) is 9.16 Å².